The maximum atomic E-state index is 11.9. The van der Waals surface area contributed by atoms with E-state index in [1.54, 1.807) is 60.7 Å². The van der Waals surface area contributed by atoms with Crippen LogP contribution in [0.2, 0.25) is 0 Å². The third-order valence-corrected chi connectivity index (χ3v) is 3.05. The fourth-order valence-corrected chi connectivity index (χ4v) is 1.82. The average Bonchev–Trinajstić information content (AvgIpc) is 2.56. The number of hydrogen-bond donors (Lipinski definition) is 2. The summed E-state index contributed by atoms with van der Waals surface area (Å²) in [6, 6.07) is 16.2. The Morgan fingerprint density at radius 2 is 1.23 bits per heavy atom. The quantitative estimate of drug-likeness (QED) is 0.902. The lowest BCUT2D eigenvalue weighted by atomic mass is 10.2. The summed E-state index contributed by atoms with van der Waals surface area (Å²) in [6.45, 7) is 1.52. The van der Waals surface area contributed by atoms with Gasteiger partial charge in [-0.25, -0.2) is 0 Å². The fourth-order valence-electron chi connectivity index (χ4n) is 1.82. The normalized spacial score (nSPS) is 11.3. The number of imide groups is 1. The van der Waals surface area contributed by atoms with Gasteiger partial charge in [-0.3, -0.25) is 19.7 Å². The molecule has 1 unspecified atom stereocenters. The first-order chi connectivity index (χ1) is 10.6. The van der Waals surface area contributed by atoms with Crippen LogP contribution in [0.1, 0.15) is 27.6 Å². The van der Waals surface area contributed by atoms with Crippen molar-refractivity contribution in [2.75, 3.05) is 0 Å². The van der Waals surface area contributed by atoms with Crippen LogP contribution < -0.4 is 10.6 Å². The van der Waals surface area contributed by atoms with Gasteiger partial charge in [0.25, 0.3) is 11.8 Å². The highest BCUT2D eigenvalue weighted by Gasteiger charge is 2.19. The molecule has 5 nitrogen and oxygen atoms in total. The predicted molar refractivity (Wildman–Crippen MR) is 82.3 cm³/mol. The van der Waals surface area contributed by atoms with Gasteiger partial charge in [-0.15, -0.1) is 0 Å². The van der Waals surface area contributed by atoms with Crippen molar-refractivity contribution in [1.29, 1.82) is 0 Å². The Morgan fingerprint density at radius 1 is 0.773 bits per heavy atom. The smallest absolute Gasteiger partial charge is 0.257 e. The van der Waals surface area contributed by atoms with E-state index in [4.69, 9.17) is 0 Å². The van der Waals surface area contributed by atoms with Crippen LogP contribution in [-0.4, -0.2) is 23.8 Å². The van der Waals surface area contributed by atoms with E-state index in [9.17, 15) is 14.4 Å². The second kappa shape index (κ2) is 7.17. The molecule has 0 saturated carbocycles. The third-order valence-electron chi connectivity index (χ3n) is 3.05. The molecule has 2 rings (SSSR count). The SMILES string of the molecule is CC(NC(=O)c1ccccc1)C(=O)NC(=O)c1ccccc1. The van der Waals surface area contributed by atoms with Crippen LogP contribution in [0.25, 0.3) is 0 Å². The minimum absolute atomic E-state index is 0.365. The van der Waals surface area contributed by atoms with Crippen LogP contribution in [-0.2, 0) is 4.79 Å². The highest BCUT2D eigenvalue weighted by Crippen LogP contribution is 2.00. The van der Waals surface area contributed by atoms with Crippen LogP contribution in [0.4, 0.5) is 0 Å². The van der Waals surface area contributed by atoms with Crippen molar-refractivity contribution in [2.24, 2.45) is 0 Å². The lowest BCUT2D eigenvalue weighted by Gasteiger charge is -2.13. The van der Waals surface area contributed by atoms with E-state index >= 15 is 0 Å². The standard InChI is InChI=1S/C17H16N2O3/c1-12(18-16(21)13-8-4-2-5-9-13)15(20)19-17(22)14-10-6-3-7-11-14/h2-12H,1H3,(H,18,21)(H,19,20,22). The van der Waals surface area contributed by atoms with Gasteiger partial charge in [0, 0.05) is 11.1 Å². The third kappa shape index (κ3) is 4.02. The summed E-state index contributed by atoms with van der Waals surface area (Å²) >= 11 is 0. The zero-order valence-corrected chi connectivity index (χ0v) is 12.1. The molecule has 0 aliphatic carbocycles. The van der Waals surface area contributed by atoms with Gasteiger partial charge < -0.3 is 5.32 Å². The van der Waals surface area contributed by atoms with E-state index in [1.807, 2.05) is 0 Å². The van der Waals surface area contributed by atoms with Crippen molar-refractivity contribution in [1.82, 2.24) is 10.6 Å². The first-order valence-electron chi connectivity index (χ1n) is 6.84. The number of hydrogen-bond acceptors (Lipinski definition) is 3. The maximum absolute atomic E-state index is 11.9. The van der Waals surface area contributed by atoms with Crippen molar-refractivity contribution in [2.45, 2.75) is 13.0 Å². The highest BCUT2D eigenvalue weighted by atomic mass is 16.2. The average molecular weight is 296 g/mol. The Morgan fingerprint density at radius 3 is 1.73 bits per heavy atom. The summed E-state index contributed by atoms with van der Waals surface area (Å²) in [4.78, 5) is 35.8. The zero-order valence-electron chi connectivity index (χ0n) is 12.1. The Kier molecular flexibility index (Phi) is 5.03. The second-order valence-electron chi connectivity index (χ2n) is 4.75. The lowest BCUT2D eigenvalue weighted by Crippen LogP contribution is -2.46. The molecule has 0 spiro atoms. The number of nitrogens with one attached hydrogen (secondary N) is 2. The molecule has 2 N–H and O–H groups in total. The van der Waals surface area contributed by atoms with Crippen LogP contribution >= 0.6 is 0 Å². The van der Waals surface area contributed by atoms with E-state index < -0.39 is 17.9 Å². The minimum atomic E-state index is -0.819. The van der Waals surface area contributed by atoms with Gasteiger partial charge >= 0.3 is 0 Å². The van der Waals surface area contributed by atoms with E-state index in [2.05, 4.69) is 10.6 Å². The number of carbonyl (C=O) groups is 3. The van der Waals surface area contributed by atoms with Gasteiger partial charge in [0.2, 0.25) is 5.91 Å². The van der Waals surface area contributed by atoms with Gasteiger partial charge in [-0.1, -0.05) is 36.4 Å². The predicted octanol–water partition coefficient (Wildman–Crippen LogP) is 1.76. The molecule has 0 fully saturated rings. The van der Waals surface area contributed by atoms with Gasteiger partial charge in [-0.05, 0) is 31.2 Å². The molecular weight excluding hydrogens is 280 g/mol. The van der Waals surface area contributed by atoms with Crippen LogP contribution in [0.5, 0.6) is 0 Å². The van der Waals surface area contributed by atoms with E-state index in [1.165, 1.54) is 6.92 Å². The Bertz CT molecular complexity index is 669. The van der Waals surface area contributed by atoms with Crippen molar-refractivity contribution in [3.8, 4) is 0 Å². The molecule has 0 saturated heterocycles. The molecule has 5 heteroatoms. The molecule has 2 aromatic rings. The summed E-state index contributed by atoms with van der Waals surface area (Å²) < 4.78 is 0. The largest absolute Gasteiger partial charge is 0.341 e. The monoisotopic (exact) mass is 296 g/mol. The van der Waals surface area contributed by atoms with Gasteiger partial charge in [-0.2, -0.15) is 0 Å². The lowest BCUT2D eigenvalue weighted by molar-refractivity contribution is -0.121. The second-order valence-corrected chi connectivity index (χ2v) is 4.75. The molecule has 0 radical (unpaired) electrons. The van der Waals surface area contributed by atoms with E-state index in [0.29, 0.717) is 11.1 Å². The molecule has 0 aromatic heterocycles. The van der Waals surface area contributed by atoms with Crippen molar-refractivity contribution in [3.63, 3.8) is 0 Å². The summed E-state index contributed by atoms with van der Waals surface area (Å²) in [7, 11) is 0. The summed E-state index contributed by atoms with van der Waals surface area (Å²) in [5.74, 6) is -1.42. The topological polar surface area (TPSA) is 75.3 Å². The number of benzene rings is 2. The number of amides is 3. The van der Waals surface area contributed by atoms with Gasteiger partial charge in [0.15, 0.2) is 0 Å². The summed E-state index contributed by atoms with van der Waals surface area (Å²) in [5, 5.41) is 4.81. The van der Waals surface area contributed by atoms with Crippen molar-refractivity contribution < 1.29 is 14.4 Å². The molecule has 0 bridgehead atoms. The highest BCUT2D eigenvalue weighted by molar-refractivity contribution is 6.07. The van der Waals surface area contributed by atoms with Crippen LogP contribution in [0, 0.1) is 0 Å². The number of rotatable bonds is 4. The number of carbonyl (C=O) groups excluding carboxylic acids is 3. The molecule has 2 aromatic carbocycles. The van der Waals surface area contributed by atoms with Gasteiger partial charge in [0.05, 0.1) is 0 Å². The molecule has 0 heterocycles. The molecule has 0 aliphatic rings. The fraction of sp³-hybridized carbons (Fsp3) is 0.118. The molecule has 22 heavy (non-hydrogen) atoms. The van der Waals surface area contributed by atoms with Gasteiger partial charge in [0.1, 0.15) is 6.04 Å². The first kappa shape index (κ1) is 15.4. The Balaban J connectivity index is 1.92. The minimum Gasteiger partial charge on any atom is -0.341 e. The molecule has 112 valence electrons. The van der Waals surface area contributed by atoms with E-state index in [0.717, 1.165) is 0 Å². The Hall–Kier alpha value is -2.95. The van der Waals surface area contributed by atoms with E-state index in [-0.39, 0.29) is 5.91 Å². The molecule has 0 aliphatic heterocycles. The zero-order chi connectivity index (χ0) is 15.9. The maximum Gasteiger partial charge on any atom is 0.257 e. The van der Waals surface area contributed by atoms with Crippen LogP contribution in [0.3, 0.4) is 0 Å². The van der Waals surface area contributed by atoms with Crippen molar-refractivity contribution in [3.05, 3.63) is 71.8 Å². The molecular formula is C17H16N2O3. The van der Waals surface area contributed by atoms with Crippen molar-refractivity contribution >= 4 is 17.7 Å². The Labute approximate surface area is 128 Å². The molecule has 1 atom stereocenters. The first-order valence-corrected chi connectivity index (χ1v) is 6.84. The molecule has 3 amide bonds. The summed E-state index contributed by atoms with van der Waals surface area (Å²) in [5.41, 5.74) is 0.842. The summed E-state index contributed by atoms with van der Waals surface area (Å²) in [6.07, 6.45) is 0. The van der Waals surface area contributed by atoms with Crippen LogP contribution in [0.15, 0.2) is 60.7 Å².